The summed E-state index contributed by atoms with van der Waals surface area (Å²) in [5.74, 6) is 0.568. The van der Waals surface area contributed by atoms with E-state index in [4.69, 9.17) is 22.1 Å². The lowest BCUT2D eigenvalue weighted by Gasteiger charge is -2.13. The lowest BCUT2D eigenvalue weighted by molar-refractivity contribution is 0.178. The Morgan fingerprint density at radius 1 is 1.71 bits per heavy atom. The Hall–Kier alpha value is -0.720. The Bertz CT molecular complexity index is 334. The summed E-state index contributed by atoms with van der Waals surface area (Å²) in [5, 5.41) is 15.6. The van der Waals surface area contributed by atoms with Gasteiger partial charge in [-0.3, -0.25) is 9.67 Å². The molecule has 80 valence electrons. The molecule has 0 spiro atoms. The van der Waals surface area contributed by atoms with Gasteiger partial charge in [-0.25, -0.2) is 0 Å². The minimum Gasteiger partial charge on any atom is -0.388 e. The molecular weight excluding hydrogens is 202 g/mol. The SMILES string of the molecule is COCCC(C)n1c(CO)n[nH]c1=S. The number of ether oxygens (including phenoxy) is 1. The van der Waals surface area contributed by atoms with E-state index in [2.05, 4.69) is 10.2 Å². The molecule has 0 aliphatic carbocycles. The fourth-order valence-electron chi connectivity index (χ4n) is 1.32. The van der Waals surface area contributed by atoms with E-state index in [0.29, 0.717) is 17.2 Å². The van der Waals surface area contributed by atoms with Crippen molar-refractivity contribution in [2.75, 3.05) is 13.7 Å². The summed E-state index contributed by atoms with van der Waals surface area (Å²) in [6.45, 7) is 2.58. The molecule has 6 heteroatoms. The molecule has 0 radical (unpaired) electrons. The minimum absolute atomic E-state index is 0.107. The van der Waals surface area contributed by atoms with Crippen molar-refractivity contribution in [3.8, 4) is 0 Å². The number of aliphatic hydroxyl groups excluding tert-OH is 1. The van der Waals surface area contributed by atoms with Crippen molar-refractivity contribution in [2.45, 2.75) is 26.0 Å². The van der Waals surface area contributed by atoms with Crippen LogP contribution in [0.1, 0.15) is 25.2 Å². The highest BCUT2D eigenvalue weighted by molar-refractivity contribution is 7.71. The number of hydrogen-bond acceptors (Lipinski definition) is 4. The number of aromatic nitrogens is 3. The van der Waals surface area contributed by atoms with Gasteiger partial charge in [0.15, 0.2) is 10.6 Å². The Kier molecular flexibility index (Phi) is 4.24. The summed E-state index contributed by atoms with van der Waals surface area (Å²) in [4.78, 5) is 0. The van der Waals surface area contributed by atoms with E-state index in [9.17, 15) is 0 Å². The number of aromatic amines is 1. The van der Waals surface area contributed by atoms with Crippen LogP contribution in [0.4, 0.5) is 0 Å². The van der Waals surface area contributed by atoms with Crippen LogP contribution >= 0.6 is 12.2 Å². The van der Waals surface area contributed by atoms with Gasteiger partial charge in [-0.1, -0.05) is 0 Å². The average Bonchev–Trinajstić information content (AvgIpc) is 2.56. The maximum absolute atomic E-state index is 9.03. The van der Waals surface area contributed by atoms with Gasteiger partial charge in [-0.05, 0) is 25.6 Å². The molecule has 0 fully saturated rings. The van der Waals surface area contributed by atoms with Gasteiger partial charge in [0.25, 0.3) is 0 Å². The first-order valence-corrected chi connectivity index (χ1v) is 4.87. The lowest BCUT2D eigenvalue weighted by Crippen LogP contribution is -2.11. The van der Waals surface area contributed by atoms with Crippen molar-refractivity contribution in [3.63, 3.8) is 0 Å². The van der Waals surface area contributed by atoms with Gasteiger partial charge >= 0.3 is 0 Å². The number of rotatable bonds is 5. The third-order valence-corrected chi connectivity index (χ3v) is 2.39. The highest BCUT2D eigenvalue weighted by Crippen LogP contribution is 2.13. The van der Waals surface area contributed by atoms with Crippen LogP contribution < -0.4 is 0 Å². The normalized spacial score (nSPS) is 13.1. The number of methoxy groups -OCH3 is 1. The third-order valence-electron chi connectivity index (χ3n) is 2.10. The largest absolute Gasteiger partial charge is 0.388 e. The Morgan fingerprint density at radius 2 is 2.43 bits per heavy atom. The van der Waals surface area contributed by atoms with E-state index in [-0.39, 0.29) is 12.6 Å². The van der Waals surface area contributed by atoms with Gasteiger partial charge < -0.3 is 9.84 Å². The van der Waals surface area contributed by atoms with E-state index >= 15 is 0 Å². The summed E-state index contributed by atoms with van der Waals surface area (Å²) < 4.78 is 7.34. The van der Waals surface area contributed by atoms with E-state index < -0.39 is 0 Å². The number of aliphatic hydroxyl groups is 1. The van der Waals surface area contributed by atoms with Crippen molar-refractivity contribution in [3.05, 3.63) is 10.6 Å². The van der Waals surface area contributed by atoms with Crippen molar-refractivity contribution in [1.29, 1.82) is 0 Å². The smallest absolute Gasteiger partial charge is 0.195 e. The first-order chi connectivity index (χ1) is 6.70. The van der Waals surface area contributed by atoms with Crippen molar-refractivity contribution >= 4 is 12.2 Å². The lowest BCUT2D eigenvalue weighted by atomic mass is 10.2. The van der Waals surface area contributed by atoms with Gasteiger partial charge in [-0.2, -0.15) is 5.10 Å². The second-order valence-electron chi connectivity index (χ2n) is 3.10. The molecule has 14 heavy (non-hydrogen) atoms. The second kappa shape index (κ2) is 5.23. The maximum atomic E-state index is 9.03. The predicted molar refractivity (Wildman–Crippen MR) is 54.5 cm³/mol. The topological polar surface area (TPSA) is 63.1 Å². The van der Waals surface area contributed by atoms with Crippen LogP contribution in [0.3, 0.4) is 0 Å². The van der Waals surface area contributed by atoms with Gasteiger partial charge in [0, 0.05) is 19.8 Å². The molecule has 5 nitrogen and oxygen atoms in total. The van der Waals surface area contributed by atoms with Crippen LogP contribution in [0.25, 0.3) is 0 Å². The molecular formula is C8H15N3O2S. The summed E-state index contributed by atoms with van der Waals surface area (Å²) in [7, 11) is 1.66. The van der Waals surface area contributed by atoms with Crippen molar-refractivity contribution in [2.24, 2.45) is 0 Å². The summed E-state index contributed by atoms with van der Waals surface area (Å²) >= 11 is 5.06. The number of nitrogens with zero attached hydrogens (tertiary/aromatic N) is 2. The zero-order valence-electron chi connectivity index (χ0n) is 8.36. The van der Waals surface area contributed by atoms with E-state index in [1.54, 1.807) is 7.11 Å². The average molecular weight is 217 g/mol. The molecule has 0 aliphatic rings. The fraction of sp³-hybridized carbons (Fsp3) is 0.750. The van der Waals surface area contributed by atoms with Gasteiger partial charge in [-0.15, -0.1) is 0 Å². The van der Waals surface area contributed by atoms with E-state index in [0.717, 1.165) is 6.42 Å². The molecule has 1 aromatic heterocycles. The molecule has 0 aliphatic heterocycles. The molecule has 0 aromatic carbocycles. The zero-order chi connectivity index (χ0) is 10.6. The van der Waals surface area contributed by atoms with Gasteiger partial charge in [0.05, 0.1) is 0 Å². The molecule has 1 heterocycles. The predicted octanol–water partition coefficient (Wildman–Crippen LogP) is 1.03. The molecule has 0 amide bonds. The molecule has 1 rings (SSSR count). The molecule has 0 bridgehead atoms. The Morgan fingerprint density at radius 3 is 3.00 bits per heavy atom. The molecule has 0 saturated carbocycles. The second-order valence-corrected chi connectivity index (χ2v) is 3.49. The summed E-state index contributed by atoms with van der Waals surface area (Å²) in [6, 6.07) is 0.184. The number of H-pyrrole nitrogens is 1. The Labute approximate surface area is 87.7 Å². The summed E-state index contributed by atoms with van der Waals surface area (Å²) in [5.41, 5.74) is 0. The highest BCUT2D eigenvalue weighted by atomic mass is 32.1. The monoisotopic (exact) mass is 217 g/mol. The molecule has 1 aromatic rings. The molecule has 2 N–H and O–H groups in total. The number of nitrogens with one attached hydrogen (secondary N) is 1. The van der Waals surface area contributed by atoms with Crippen molar-refractivity contribution in [1.82, 2.24) is 14.8 Å². The summed E-state index contributed by atoms with van der Waals surface area (Å²) in [6.07, 6.45) is 0.845. The van der Waals surface area contributed by atoms with Crippen LogP contribution in [0.15, 0.2) is 0 Å². The van der Waals surface area contributed by atoms with Crippen LogP contribution in [0, 0.1) is 4.77 Å². The quantitative estimate of drug-likeness (QED) is 0.723. The van der Waals surface area contributed by atoms with Crippen molar-refractivity contribution < 1.29 is 9.84 Å². The van der Waals surface area contributed by atoms with E-state index in [1.807, 2.05) is 11.5 Å². The van der Waals surface area contributed by atoms with Crippen LogP contribution in [0.5, 0.6) is 0 Å². The minimum atomic E-state index is -0.107. The van der Waals surface area contributed by atoms with Gasteiger partial charge in [0.2, 0.25) is 0 Å². The standard InChI is InChI=1S/C8H15N3O2S/c1-6(3-4-13-2)11-7(5-12)9-10-8(11)14/h6,12H,3-5H2,1-2H3,(H,10,14). The third kappa shape index (κ3) is 2.40. The van der Waals surface area contributed by atoms with E-state index in [1.165, 1.54) is 0 Å². The van der Waals surface area contributed by atoms with Crippen LogP contribution in [-0.4, -0.2) is 33.6 Å². The molecule has 1 unspecified atom stereocenters. The first kappa shape index (κ1) is 11.4. The van der Waals surface area contributed by atoms with Crippen LogP contribution in [0.2, 0.25) is 0 Å². The molecule has 0 saturated heterocycles. The fourth-order valence-corrected chi connectivity index (χ4v) is 1.65. The zero-order valence-corrected chi connectivity index (χ0v) is 9.17. The van der Waals surface area contributed by atoms with Gasteiger partial charge in [0.1, 0.15) is 6.61 Å². The Balaban J connectivity index is 2.81. The first-order valence-electron chi connectivity index (χ1n) is 4.46. The number of hydrogen-bond donors (Lipinski definition) is 2. The van der Waals surface area contributed by atoms with Crippen LogP contribution in [-0.2, 0) is 11.3 Å². The molecule has 1 atom stereocenters. The highest BCUT2D eigenvalue weighted by Gasteiger charge is 2.11. The maximum Gasteiger partial charge on any atom is 0.195 e.